The van der Waals surface area contributed by atoms with Crippen molar-refractivity contribution < 1.29 is 13.2 Å². The minimum atomic E-state index is -3.53. The number of ether oxygens (including phenoxy) is 1. The summed E-state index contributed by atoms with van der Waals surface area (Å²) in [6.07, 6.45) is 1.90. The van der Waals surface area contributed by atoms with E-state index in [-0.39, 0.29) is 14.7 Å². The monoisotopic (exact) mass is 284 g/mol. The van der Waals surface area contributed by atoms with Crippen LogP contribution in [0.25, 0.3) is 0 Å². The van der Waals surface area contributed by atoms with Gasteiger partial charge in [0, 0.05) is 13.2 Å². The van der Waals surface area contributed by atoms with Crippen molar-refractivity contribution in [2.45, 2.75) is 23.6 Å². The fourth-order valence-corrected chi connectivity index (χ4v) is 3.69. The first kappa shape index (κ1) is 13.9. The van der Waals surface area contributed by atoms with E-state index in [1.165, 1.54) is 13.3 Å². The van der Waals surface area contributed by atoms with Crippen molar-refractivity contribution in [1.82, 2.24) is 9.71 Å². The normalized spacial score (nSPS) is 13.9. The summed E-state index contributed by atoms with van der Waals surface area (Å²) in [7, 11) is -2.00. The third kappa shape index (κ3) is 3.67. The molecule has 0 saturated heterocycles. The van der Waals surface area contributed by atoms with E-state index in [4.69, 9.17) is 16.3 Å². The van der Waals surface area contributed by atoms with Crippen LogP contribution in [0.15, 0.2) is 10.4 Å². The molecule has 0 spiro atoms. The molecule has 0 amide bonds. The smallest absolute Gasteiger partial charge is 0.252 e. The van der Waals surface area contributed by atoms with Gasteiger partial charge in [-0.3, -0.25) is 0 Å². The van der Waals surface area contributed by atoms with E-state index < -0.39 is 10.0 Å². The topological polar surface area (TPSA) is 68.3 Å². The maximum Gasteiger partial charge on any atom is 0.252 e. The van der Waals surface area contributed by atoms with Gasteiger partial charge < -0.3 is 4.74 Å². The van der Waals surface area contributed by atoms with E-state index in [9.17, 15) is 8.42 Å². The van der Waals surface area contributed by atoms with E-state index >= 15 is 0 Å². The van der Waals surface area contributed by atoms with Gasteiger partial charge in [-0.2, -0.15) is 0 Å². The molecule has 0 aliphatic rings. The molecule has 1 aromatic rings. The van der Waals surface area contributed by atoms with Crippen LogP contribution in [0.5, 0.6) is 0 Å². The first-order valence-corrected chi connectivity index (χ1v) is 7.30. The third-order valence-electron chi connectivity index (χ3n) is 1.90. The van der Waals surface area contributed by atoms with Gasteiger partial charge in [0.1, 0.15) is 0 Å². The summed E-state index contributed by atoms with van der Waals surface area (Å²) in [5.74, 6) is 0. The largest absolute Gasteiger partial charge is 0.383 e. The molecule has 0 aliphatic carbocycles. The summed E-state index contributed by atoms with van der Waals surface area (Å²) in [5, 5.41) is 0. The molecule has 1 unspecified atom stereocenters. The van der Waals surface area contributed by atoms with Gasteiger partial charge in [0.15, 0.2) is 8.68 Å². The zero-order valence-electron chi connectivity index (χ0n) is 8.94. The molecule has 0 saturated carbocycles. The molecule has 5 nitrogen and oxygen atoms in total. The molecule has 1 heterocycles. The van der Waals surface area contributed by atoms with Crippen LogP contribution in [0.2, 0.25) is 4.47 Å². The first-order valence-electron chi connectivity index (χ1n) is 4.62. The molecular weight excluding hydrogens is 272 g/mol. The standard InChI is InChI=1S/C8H13ClN2O3S2/c1-3-6(5-14-2)11-16(12,13)7-4-10-8(9)15-7/h4,6,11H,3,5H2,1-2H3. The number of nitrogens with zero attached hydrogens (tertiary/aromatic N) is 1. The van der Waals surface area contributed by atoms with Crippen molar-refractivity contribution in [3.8, 4) is 0 Å². The Morgan fingerprint density at radius 3 is 2.81 bits per heavy atom. The third-order valence-corrected chi connectivity index (χ3v) is 5.00. The van der Waals surface area contributed by atoms with Gasteiger partial charge in [0.05, 0.1) is 12.8 Å². The summed E-state index contributed by atoms with van der Waals surface area (Å²) in [6.45, 7) is 2.22. The van der Waals surface area contributed by atoms with Gasteiger partial charge in [-0.05, 0) is 6.42 Å². The Bertz CT molecular complexity index is 432. The zero-order chi connectivity index (χ0) is 12.2. The van der Waals surface area contributed by atoms with E-state index in [1.54, 1.807) is 0 Å². The molecule has 0 aliphatic heterocycles. The van der Waals surface area contributed by atoms with Gasteiger partial charge in [-0.25, -0.2) is 18.1 Å². The second-order valence-electron chi connectivity index (χ2n) is 3.11. The summed E-state index contributed by atoms with van der Waals surface area (Å²) >= 11 is 6.52. The first-order chi connectivity index (χ1) is 7.49. The Balaban J connectivity index is 2.78. The van der Waals surface area contributed by atoms with Crippen LogP contribution < -0.4 is 4.72 Å². The zero-order valence-corrected chi connectivity index (χ0v) is 11.3. The van der Waals surface area contributed by atoms with E-state index in [0.29, 0.717) is 13.0 Å². The van der Waals surface area contributed by atoms with Gasteiger partial charge in [0.2, 0.25) is 0 Å². The van der Waals surface area contributed by atoms with Gasteiger partial charge in [-0.1, -0.05) is 29.9 Å². The molecule has 0 radical (unpaired) electrons. The van der Waals surface area contributed by atoms with Crippen molar-refractivity contribution >= 4 is 33.0 Å². The van der Waals surface area contributed by atoms with Crippen molar-refractivity contribution in [3.63, 3.8) is 0 Å². The van der Waals surface area contributed by atoms with E-state index in [1.807, 2.05) is 6.92 Å². The number of hydrogen-bond donors (Lipinski definition) is 1. The number of sulfonamides is 1. The fourth-order valence-electron chi connectivity index (χ4n) is 1.08. The molecule has 0 aromatic carbocycles. The minimum Gasteiger partial charge on any atom is -0.383 e. The highest BCUT2D eigenvalue weighted by Gasteiger charge is 2.21. The Morgan fingerprint density at radius 1 is 1.69 bits per heavy atom. The molecule has 0 bridgehead atoms. The highest BCUT2D eigenvalue weighted by molar-refractivity contribution is 7.91. The average Bonchev–Trinajstić information content (AvgIpc) is 2.64. The highest BCUT2D eigenvalue weighted by Crippen LogP contribution is 2.22. The molecule has 1 aromatic heterocycles. The second-order valence-corrected chi connectivity index (χ2v) is 6.67. The van der Waals surface area contributed by atoms with Crippen molar-refractivity contribution in [1.29, 1.82) is 0 Å². The fraction of sp³-hybridized carbons (Fsp3) is 0.625. The predicted molar refractivity (Wildman–Crippen MR) is 63.4 cm³/mol. The Morgan fingerprint density at radius 2 is 2.38 bits per heavy atom. The summed E-state index contributed by atoms with van der Waals surface area (Å²) in [4.78, 5) is 3.70. The molecule has 16 heavy (non-hydrogen) atoms. The maximum absolute atomic E-state index is 11.8. The second kappa shape index (κ2) is 5.92. The van der Waals surface area contributed by atoms with Crippen LogP contribution in [-0.2, 0) is 14.8 Å². The molecule has 8 heteroatoms. The number of methoxy groups -OCH3 is 1. The number of halogens is 1. The minimum absolute atomic E-state index is 0.118. The van der Waals surface area contributed by atoms with Crippen molar-refractivity contribution in [3.05, 3.63) is 10.7 Å². The highest BCUT2D eigenvalue weighted by atomic mass is 35.5. The lowest BCUT2D eigenvalue weighted by molar-refractivity contribution is 0.173. The number of thiazole rings is 1. The maximum atomic E-state index is 11.8. The SMILES string of the molecule is CCC(COC)NS(=O)(=O)c1cnc(Cl)s1. The number of nitrogens with one attached hydrogen (secondary N) is 1. The Hall–Kier alpha value is -0.210. The molecule has 0 fully saturated rings. The van der Waals surface area contributed by atoms with Crippen molar-refractivity contribution in [2.24, 2.45) is 0 Å². The lowest BCUT2D eigenvalue weighted by Gasteiger charge is -2.14. The molecule has 1 N–H and O–H groups in total. The van der Waals surface area contributed by atoms with Crippen LogP contribution in [0, 0.1) is 0 Å². The molecule has 1 rings (SSSR count). The summed E-state index contributed by atoms with van der Waals surface area (Å²) < 4.78 is 31.4. The number of rotatable bonds is 6. The lowest BCUT2D eigenvalue weighted by Crippen LogP contribution is -2.37. The lowest BCUT2D eigenvalue weighted by atomic mass is 10.3. The van der Waals surface area contributed by atoms with Gasteiger partial charge in [-0.15, -0.1) is 0 Å². The number of hydrogen-bond acceptors (Lipinski definition) is 5. The summed E-state index contributed by atoms with van der Waals surface area (Å²) in [5.41, 5.74) is 0. The van der Waals surface area contributed by atoms with Crippen LogP contribution in [0.4, 0.5) is 0 Å². The Labute approximate surface area is 104 Å². The molecular formula is C8H13ClN2O3S2. The molecule has 1 atom stereocenters. The van der Waals surface area contributed by atoms with Crippen LogP contribution in [-0.4, -0.2) is 33.2 Å². The Kier molecular flexibility index (Phi) is 5.13. The van der Waals surface area contributed by atoms with Crippen LogP contribution in [0.3, 0.4) is 0 Å². The van der Waals surface area contributed by atoms with Crippen LogP contribution in [0.1, 0.15) is 13.3 Å². The quantitative estimate of drug-likeness (QED) is 0.859. The summed E-state index contributed by atoms with van der Waals surface area (Å²) in [6, 6.07) is -0.240. The predicted octanol–water partition coefficient (Wildman–Crippen LogP) is 1.50. The molecule has 92 valence electrons. The van der Waals surface area contributed by atoms with E-state index in [0.717, 1.165) is 11.3 Å². The van der Waals surface area contributed by atoms with Crippen molar-refractivity contribution in [2.75, 3.05) is 13.7 Å². The average molecular weight is 285 g/mol. The van der Waals surface area contributed by atoms with E-state index in [2.05, 4.69) is 9.71 Å². The van der Waals surface area contributed by atoms with Crippen LogP contribution >= 0.6 is 22.9 Å². The van der Waals surface area contributed by atoms with Gasteiger partial charge >= 0.3 is 0 Å². The number of aromatic nitrogens is 1. The van der Waals surface area contributed by atoms with Gasteiger partial charge in [0.25, 0.3) is 10.0 Å².